The Morgan fingerprint density at radius 1 is 1.35 bits per heavy atom. The number of aryl methyl sites for hydroxylation is 1. The molecule has 0 saturated carbocycles. The minimum Gasteiger partial charge on any atom is -0.316 e. The lowest BCUT2D eigenvalue weighted by molar-refractivity contribution is 0.220. The zero-order chi connectivity index (χ0) is 12.6. The molecule has 0 aromatic heterocycles. The fraction of sp³-hybridized carbons (Fsp3) is 0.600. The molecule has 94 valence electrons. The van der Waals surface area contributed by atoms with E-state index in [0.717, 1.165) is 30.6 Å². The van der Waals surface area contributed by atoms with Gasteiger partial charge in [-0.15, -0.1) is 0 Å². The van der Waals surface area contributed by atoms with Crippen LogP contribution in [0.4, 0.5) is 4.39 Å². The van der Waals surface area contributed by atoms with Crippen molar-refractivity contribution in [3.63, 3.8) is 0 Å². The molecule has 0 radical (unpaired) electrons. The van der Waals surface area contributed by atoms with Gasteiger partial charge in [0.1, 0.15) is 5.67 Å². The maximum absolute atomic E-state index is 14.2. The summed E-state index contributed by atoms with van der Waals surface area (Å²) >= 11 is 0. The van der Waals surface area contributed by atoms with Crippen molar-refractivity contribution in [2.45, 2.75) is 45.7 Å². The number of fused-ring (bicyclic) bond motifs is 1. The number of benzene rings is 1. The number of nitrogens with one attached hydrogen (secondary N) is 1. The smallest absolute Gasteiger partial charge is 0.130 e. The molecule has 1 aromatic rings. The van der Waals surface area contributed by atoms with Gasteiger partial charge in [0.2, 0.25) is 0 Å². The molecule has 1 nitrogen and oxygen atoms in total. The van der Waals surface area contributed by atoms with Crippen LogP contribution >= 0.6 is 0 Å². The van der Waals surface area contributed by atoms with Gasteiger partial charge in [0.25, 0.3) is 0 Å². The van der Waals surface area contributed by atoms with E-state index >= 15 is 0 Å². The summed E-state index contributed by atoms with van der Waals surface area (Å²) < 4.78 is 14.2. The van der Waals surface area contributed by atoms with Gasteiger partial charge in [0, 0.05) is 6.54 Å². The molecule has 0 saturated heterocycles. The molecular weight excluding hydrogens is 213 g/mol. The standard InChI is InChI=1S/C15H22FN/c1-10-7-12-5-6-17-9-11(2)13(12)8-14(10)15(3,4)16/h7-8,11,17H,5-6,9H2,1-4H3. The van der Waals surface area contributed by atoms with Crippen molar-refractivity contribution in [3.05, 3.63) is 34.4 Å². The Balaban J connectivity index is 2.53. The largest absolute Gasteiger partial charge is 0.316 e. The topological polar surface area (TPSA) is 12.0 Å². The Kier molecular flexibility index (Phi) is 3.26. The molecule has 1 aromatic carbocycles. The summed E-state index contributed by atoms with van der Waals surface area (Å²) in [6, 6.07) is 4.26. The monoisotopic (exact) mass is 235 g/mol. The van der Waals surface area contributed by atoms with E-state index in [-0.39, 0.29) is 0 Å². The molecule has 0 spiro atoms. The van der Waals surface area contributed by atoms with Crippen molar-refractivity contribution in [1.82, 2.24) is 5.32 Å². The van der Waals surface area contributed by atoms with E-state index in [2.05, 4.69) is 24.4 Å². The highest BCUT2D eigenvalue weighted by atomic mass is 19.1. The van der Waals surface area contributed by atoms with Crippen molar-refractivity contribution in [2.24, 2.45) is 0 Å². The molecular formula is C15H22FN. The Morgan fingerprint density at radius 3 is 2.71 bits per heavy atom. The highest BCUT2D eigenvalue weighted by Gasteiger charge is 2.24. The lowest BCUT2D eigenvalue weighted by Gasteiger charge is -2.22. The van der Waals surface area contributed by atoms with Crippen LogP contribution in [0.3, 0.4) is 0 Å². The summed E-state index contributed by atoms with van der Waals surface area (Å²) in [5, 5.41) is 3.43. The average Bonchev–Trinajstić information content (AvgIpc) is 2.38. The maximum Gasteiger partial charge on any atom is 0.130 e. The molecule has 1 heterocycles. The first kappa shape index (κ1) is 12.6. The first-order valence-electron chi connectivity index (χ1n) is 6.43. The van der Waals surface area contributed by atoms with Crippen LogP contribution in [-0.2, 0) is 12.1 Å². The van der Waals surface area contributed by atoms with E-state index in [1.165, 1.54) is 11.1 Å². The molecule has 0 aliphatic carbocycles. The third-order valence-corrected chi connectivity index (χ3v) is 3.68. The van der Waals surface area contributed by atoms with Gasteiger partial charge in [-0.3, -0.25) is 0 Å². The molecule has 0 bridgehead atoms. The second-order valence-corrected chi connectivity index (χ2v) is 5.69. The fourth-order valence-electron chi connectivity index (χ4n) is 2.75. The van der Waals surface area contributed by atoms with Crippen LogP contribution in [0.15, 0.2) is 12.1 Å². The van der Waals surface area contributed by atoms with Gasteiger partial charge in [-0.25, -0.2) is 4.39 Å². The molecule has 1 N–H and O–H groups in total. The van der Waals surface area contributed by atoms with Crippen LogP contribution < -0.4 is 5.32 Å². The fourth-order valence-corrected chi connectivity index (χ4v) is 2.75. The van der Waals surface area contributed by atoms with Gasteiger partial charge in [-0.1, -0.05) is 19.1 Å². The van der Waals surface area contributed by atoms with E-state index in [1.54, 1.807) is 13.8 Å². The number of rotatable bonds is 1. The average molecular weight is 235 g/mol. The second kappa shape index (κ2) is 4.41. The van der Waals surface area contributed by atoms with Crippen LogP contribution in [0.25, 0.3) is 0 Å². The van der Waals surface area contributed by atoms with E-state index in [4.69, 9.17) is 0 Å². The third-order valence-electron chi connectivity index (χ3n) is 3.68. The number of hydrogen-bond acceptors (Lipinski definition) is 1. The highest BCUT2D eigenvalue weighted by Crippen LogP contribution is 2.33. The van der Waals surface area contributed by atoms with Gasteiger partial charge in [0.15, 0.2) is 0 Å². The molecule has 0 amide bonds. The molecule has 0 fully saturated rings. The Bertz CT molecular complexity index is 418. The van der Waals surface area contributed by atoms with Crippen LogP contribution in [0.2, 0.25) is 0 Å². The van der Waals surface area contributed by atoms with E-state index in [1.807, 2.05) is 6.92 Å². The quantitative estimate of drug-likeness (QED) is 0.786. The second-order valence-electron chi connectivity index (χ2n) is 5.69. The molecule has 1 aliphatic rings. The molecule has 2 rings (SSSR count). The molecule has 2 heteroatoms. The number of halogens is 1. The SMILES string of the molecule is Cc1cc2c(cc1C(C)(C)F)C(C)CNCC2. The van der Waals surface area contributed by atoms with Gasteiger partial charge in [0.05, 0.1) is 0 Å². The normalized spacial score (nSPS) is 20.9. The lowest BCUT2D eigenvalue weighted by atomic mass is 9.86. The van der Waals surface area contributed by atoms with Crippen molar-refractivity contribution in [3.8, 4) is 0 Å². The van der Waals surface area contributed by atoms with Gasteiger partial charge >= 0.3 is 0 Å². The van der Waals surface area contributed by atoms with Crippen molar-refractivity contribution in [2.75, 3.05) is 13.1 Å². The highest BCUT2D eigenvalue weighted by molar-refractivity contribution is 5.42. The summed E-state index contributed by atoms with van der Waals surface area (Å²) in [6.45, 7) is 9.52. The molecule has 17 heavy (non-hydrogen) atoms. The first-order valence-corrected chi connectivity index (χ1v) is 6.43. The van der Waals surface area contributed by atoms with Crippen LogP contribution in [-0.4, -0.2) is 13.1 Å². The first-order chi connectivity index (χ1) is 7.89. The van der Waals surface area contributed by atoms with Crippen LogP contribution in [0.5, 0.6) is 0 Å². The summed E-state index contributed by atoms with van der Waals surface area (Å²) in [6.07, 6.45) is 1.05. The predicted molar refractivity (Wildman–Crippen MR) is 70.3 cm³/mol. The summed E-state index contributed by atoms with van der Waals surface area (Å²) in [5.41, 5.74) is 3.36. The lowest BCUT2D eigenvalue weighted by Crippen LogP contribution is -2.18. The Hall–Kier alpha value is -0.890. The third kappa shape index (κ3) is 2.52. The number of alkyl halides is 1. The summed E-state index contributed by atoms with van der Waals surface area (Å²) in [7, 11) is 0. The van der Waals surface area contributed by atoms with E-state index in [0.29, 0.717) is 5.92 Å². The minimum atomic E-state index is -1.25. The minimum absolute atomic E-state index is 0.467. The van der Waals surface area contributed by atoms with Gasteiger partial charge in [-0.05, 0) is 61.9 Å². The zero-order valence-electron chi connectivity index (χ0n) is 11.2. The predicted octanol–water partition coefficient (Wildman–Crippen LogP) is 3.45. The molecule has 1 unspecified atom stereocenters. The summed E-state index contributed by atoms with van der Waals surface area (Å²) in [4.78, 5) is 0. The van der Waals surface area contributed by atoms with Gasteiger partial charge in [-0.2, -0.15) is 0 Å². The summed E-state index contributed by atoms with van der Waals surface area (Å²) in [5.74, 6) is 0.467. The Labute approximate surface area is 103 Å². The van der Waals surface area contributed by atoms with Crippen LogP contribution in [0.1, 0.15) is 48.9 Å². The Morgan fingerprint density at radius 2 is 2.06 bits per heavy atom. The zero-order valence-corrected chi connectivity index (χ0v) is 11.2. The van der Waals surface area contributed by atoms with E-state index < -0.39 is 5.67 Å². The van der Waals surface area contributed by atoms with Crippen LogP contribution in [0, 0.1) is 6.92 Å². The molecule has 1 atom stereocenters. The molecule has 1 aliphatic heterocycles. The van der Waals surface area contributed by atoms with Gasteiger partial charge < -0.3 is 5.32 Å². The number of hydrogen-bond donors (Lipinski definition) is 1. The van der Waals surface area contributed by atoms with Crippen molar-refractivity contribution in [1.29, 1.82) is 0 Å². The van der Waals surface area contributed by atoms with Crippen molar-refractivity contribution < 1.29 is 4.39 Å². The maximum atomic E-state index is 14.2. The van der Waals surface area contributed by atoms with E-state index in [9.17, 15) is 4.39 Å². The van der Waals surface area contributed by atoms with Crippen molar-refractivity contribution >= 4 is 0 Å².